The third-order valence-electron chi connectivity index (χ3n) is 1.88. The molecule has 0 aliphatic heterocycles. The molecule has 0 aliphatic carbocycles. The van der Waals surface area contributed by atoms with Crippen molar-refractivity contribution in [2.75, 3.05) is 0 Å². The number of benzene rings is 1. The van der Waals surface area contributed by atoms with Gasteiger partial charge in [0.25, 0.3) is 5.69 Å². The number of rotatable bonds is 2. The van der Waals surface area contributed by atoms with Crippen molar-refractivity contribution in [3.8, 4) is 10.4 Å². The first kappa shape index (κ1) is 8.90. The lowest BCUT2D eigenvalue weighted by molar-refractivity contribution is -0.383. The fourth-order valence-electron chi connectivity index (χ4n) is 1.25. The molecule has 3 nitrogen and oxygen atoms in total. The highest BCUT2D eigenvalue weighted by atomic mass is 32.1. The number of nitro groups is 1. The molecule has 0 fully saturated rings. The van der Waals surface area contributed by atoms with E-state index in [1.807, 2.05) is 30.3 Å². The second-order valence-electron chi connectivity index (χ2n) is 2.76. The lowest BCUT2D eigenvalue weighted by Gasteiger charge is -1.95. The Morgan fingerprint density at radius 3 is 2.50 bits per heavy atom. The van der Waals surface area contributed by atoms with Crippen molar-refractivity contribution in [3.63, 3.8) is 0 Å². The predicted molar refractivity (Wildman–Crippen MR) is 56.4 cm³/mol. The molecule has 14 heavy (non-hydrogen) atoms. The van der Waals surface area contributed by atoms with Crippen LogP contribution in [0.15, 0.2) is 41.8 Å². The second kappa shape index (κ2) is 3.59. The van der Waals surface area contributed by atoms with Crippen molar-refractivity contribution in [2.24, 2.45) is 0 Å². The van der Waals surface area contributed by atoms with Gasteiger partial charge in [-0.2, -0.15) is 0 Å². The minimum atomic E-state index is -0.348. The quantitative estimate of drug-likeness (QED) is 0.557. The summed E-state index contributed by atoms with van der Waals surface area (Å²) in [5.74, 6) is 0. The molecule has 0 bridgehead atoms. The maximum atomic E-state index is 10.7. The van der Waals surface area contributed by atoms with Crippen LogP contribution in [0, 0.1) is 10.1 Å². The fraction of sp³-hybridized carbons (Fsp3) is 0. The molecule has 4 heteroatoms. The van der Waals surface area contributed by atoms with Gasteiger partial charge in [0.15, 0.2) is 0 Å². The molecule has 0 radical (unpaired) electrons. The van der Waals surface area contributed by atoms with Crippen molar-refractivity contribution < 1.29 is 4.92 Å². The van der Waals surface area contributed by atoms with E-state index in [1.165, 1.54) is 17.4 Å². The lowest BCUT2D eigenvalue weighted by atomic mass is 10.2. The summed E-state index contributed by atoms with van der Waals surface area (Å²) in [4.78, 5) is 11.0. The summed E-state index contributed by atoms with van der Waals surface area (Å²) in [7, 11) is 0. The summed E-state index contributed by atoms with van der Waals surface area (Å²) in [6.45, 7) is 0. The Morgan fingerprint density at radius 2 is 1.86 bits per heavy atom. The Balaban J connectivity index is 2.52. The van der Waals surface area contributed by atoms with Crippen LogP contribution in [0.5, 0.6) is 0 Å². The van der Waals surface area contributed by atoms with Crippen molar-refractivity contribution in [3.05, 3.63) is 51.9 Å². The number of thiophene rings is 1. The first-order valence-electron chi connectivity index (χ1n) is 4.06. The molecule has 1 aromatic heterocycles. The third kappa shape index (κ3) is 1.52. The van der Waals surface area contributed by atoms with Crippen LogP contribution in [0.4, 0.5) is 5.69 Å². The van der Waals surface area contributed by atoms with Crippen LogP contribution in [-0.2, 0) is 0 Å². The Kier molecular flexibility index (Phi) is 2.28. The van der Waals surface area contributed by atoms with E-state index in [1.54, 1.807) is 5.38 Å². The Hall–Kier alpha value is -1.68. The average Bonchev–Trinajstić information content (AvgIpc) is 2.67. The van der Waals surface area contributed by atoms with Crippen molar-refractivity contribution >= 4 is 17.0 Å². The van der Waals surface area contributed by atoms with E-state index >= 15 is 0 Å². The monoisotopic (exact) mass is 205 g/mol. The Bertz CT molecular complexity index is 450. The van der Waals surface area contributed by atoms with Crippen LogP contribution in [0.2, 0.25) is 0 Å². The van der Waals surface area contributed by atoms with E-state index in [4.69, 9.17) is 0 Å². The molecule has 0 unspecified atom stereocenters. The number of hydrogen-bond donors (Lipinski definition) is 0. The Morgan fingerprint density at radius 1 is 1.14 bits per heavy atom. The van der Waals surface area contributed by atoms with E-state index in [-0.39, 0.29) is 10.6 Å². The summed E-state index contributed by atoms with van der Waals surface area (Å²) in [5.41, 5.74) is 1.08. The molecule has 2 aromatic rings. The minimum absolute atomic E-state index is 0.182. The molecule has 0 spiro atoms. The molecule has 2 rings (SSSR count). The van der Waals surface area contributed by atoms with E-state index in [2.05, 4.69) is 0 Å². The van der Waals surface area contributed by atoms with E-state index < -0.39 is 0 Å². The van der Waals surface area contributed by atoms with Crippen LogP contribution in [0.1, 0.15) is 0 Å². The van der Waals surface area contributed by atoms with Crippen molar-refractivity contribution in [2.45, 2.75) is 0 Å². The van der Waals surface area contributed by atoms with Gasteiger partial charge in [0.1, 0.15) is 4.88 Å². The van der Waals surface area contributed by atoms with Gasteiger partial charge >= 0.3 is 0 Å². The summed E-state index contributed by atoms with van der Waals surface area (Å²) in [6.07, 6.45) is 0. The predicted octanol–water partition coefficient (Wildman–Crippen LogP) is 3.32. The normalized spacial score (nSPS) is 10.0. The SMILES string of the molecule is O=[N+]([O-])c1ccsc1-c1ccccc1. The molecule has 0 saturated heterocycles. The first-order valence-corrected chi connectivity index (χ1v) is 4.94. The highest BCUT2D eigenvalue weighted by Crippen LogP contribution is 2.34. The molecule has 0 atom stereocenters. The maximum Gasteiger partial charge on any atom is 0.287 e. The molecule has 0 amide bonds. The van der Waals surface area contributed by atoms with Gasteiger partial charge in [-0.05, 0) is 10.9 Å². The van der Waals surface area contributed by atoms with E-state index in [9.17, 15) is 10.1 Å². The van der Waals surface area contributed by atoms with Crippen LogP contribution >= 0.6 is 11.3 Å². The molecule has 0 N–H and O–H groups in total. The molecule has 1 heterocycles. The van der Waals surface area contributed by atoms with Gasteiger partial charge in [-0.25, -0.2) is 0 Å². The van der Waals surface area contributed by atoms with Gasteiger partial charge in [-0.1, -0.05) is 30.3 Å². The van der Waals surface area contributed by atoms with Gasteiger partial charge in [0, 0.05) is 6.07 Å². The molecule has 0 aliphatic rings. The van der Waals surface area contributed by atoms with Crippen LogP contribution in [0.25, 0.3) is 10.4 Å². The zero-order valence-corrected chi connectivity index (χ0v) is 8.03. The second-order valence-corrected chi connectivity index (χ2v) is 3.67. The van der Waals surface area contributed by atoms with Gasteiger partial charge in [0.2, 0.25) is 0 Å². The highest BCUT2D eigenvalue weighted by Gasteiger charge is 2.15. The number of nitrogens with zero attached hydrogens (tertiary/aromatic N) is 1. The maximum absolute atomic E-state index is 10.7. The van der Waals surface area contributed by atoms with Gasteiger partial charge in [-0.3, -0.25) is 10.1 Å². The molecular weight excluding hydrogens is 198 g/mol. The number of hydrogen-bond acceptors (Lipinski definition) is 3. The molecule has 0 saturated carbocycles. The molecule has 1 aromatic carbocycles. The van der Waals surface area contributed by atoms with E-state index in [0.717, 1.165) is 10.4 Å². The standard InChI is InChI=1S/C10H7NO2S/c12-11(13)9-6-7-14-10(9)8-4-2-1-3-5-8/h1-7H. The van der Waals surface area contributed by atoms with Crippen LogP contribution in [0.3, 0.4) is 0 Å². The smallest absolute Gasteiger partial charge is 0.258 e. The molecular formula is C10H7NO2S. The largest absolute Gasteiger partial charge is 0.287 e. The minimum Gasteiger partial charge on any atom is -0.258 e. The first-order chi connectivity index (χ1) is 6.79. The lowest BCUT2D eigenvalue weighted by Crippen LogP contribution is -1.86. The zero-order chi connectivity index (χ0) is 9.97. The Labute approximate surface area is 84.8 Å². The summed E-state index contributed by atoms with van der Waals surface area (Å²) in [5, 5.41) is 12.4. The average molecular weight is 205 g/mol. The third-order valence-corrected chi connectivity index (χ3v) is 2.83. The zero-order valence-electron chi connectivity index (χ0n) is 7.21. The van der Waals surface area contributed by atoms with Gasteiger partial charge < -0.3 is 0 Å². The van der Waals surface area contributed by atoms with Crippen molar-refractivity contribution in [1.82, 2.24) is 0 Å². The summed E-state index contributed by atoms with van der Waals surface area (Å²) in [6, 6.07) is 10.9. The van der Waals surface area contributed by atoms with Crippen molar-refractivity contribution in [1.29, 1.82) is 0 Å². The molecule has 70 valence electrons. The van der Waals surface area contributed by atoms with Gasteiger partial charge in [0.05, 0.1) is 4.92 Å². The topological polar surface area (TPSA) is 43.1 Å². The summed E-state index contributed by atoms with van der Waals surface area (Å²) < 4.78 is 0. The highest BCUT2D eigenvalue weighted by molar-refractivity contribution is 7.14. The van der Waals surface area contributed by atoms with E-state index in [0.29, 0.717) is 0 Å². The fourth-order valence-corrected chi connectivity index (χ4v) is 2.12. The van der Waals surface area contributed by atoms with Crippen LogP contribution < -0.4 is 0 Å². The van der Waals surface area contributed by atoms with Gasteiger partial charge in [-0.15, -0.1) is 11.3 Å². The summed E-state index contributed by atoms with van der Waals surface area (Å²) >= 11 is 1.39. The van der Waals surface area contributed by atoms with Crippen LogP contribution in [-0.4, -0.2) is 4.92 Å².